The zero-order valence-electron chi connectivity index (χ0n) is 18.8. The molecule has 5 nitrogen and oxygen atoms in total. The first-order valence-electron chi connectivity index (χ1n) is 10.7. The average Bonchev–Trinajstić information content (AvgIpc) is 2.78. The molecule has 3 N–H and O–H groups in total. The third kappa shape index (κ3) is 6.45. The number of carbonyl (C=O) groups excluding carboxylic acids is 2. The summed E-state index contributed by atoms with van der Waals surface area (Å²) in [5.74, 6) is -0.164. The van der Waals surface area contributed by atoms with Gasteiger partial charge in [0.1, 0.15) is 18.4 Å². The minimum Gasteiger partial charge on any atom is -0.489 e. The molecule has 3 rings (SSSR count). The van der Waals surface area contributed by atoms with Crippen LogP contribution >= 0.6 is 0 Å². The Kier molecular flexibility index (Phi) is 7.31. The SMILES string of the molecule is CC(C)(C)c1ccc(C(=O)N[C@H](Cc2ccc(OCc3ccccc3)cc2)C(N)=O)cc1. The number of carbonyl (C=O) groups is 2. The number of primary amides is 1. The second kappa shape index (κ2) is 10.1. The fraction of sp³-hybridized carbons (Fsp3) is 0.259. The summed E-state index contributed by atoms with van der Waals surface area (Å²) in [6.07, 6.45) is 0.306. The predicted molar refractivity (Wildman–Crippen MR) is 127 cm³/mol. The molecule has 2 amide bonds. The van der Waals surface area contributed by atoms with Gasteiger partial charge in [-0.3, -0.25) is 9.59 Å². The van der Waals surface area contributed by atoms with Crippen LogP contribution in [0.25, 0.3) is 0 Å². The Morgan fingerprint density at radius 1 is 0.875 bits per heavy atom. The number of nitrogens with two attached hydrogens (primary N) is 1. The molecule has 0 heterocycles. The Balaban J connectivity index is 1.60. The molecule has 0 radical (unpaired) electrons. The van der Waals surface area contributed by atoms with E-state index >= 15 is 0 Å². The van der Waals surface area contributed by atoms with E-state index in [9.17, 15) is 9.59 Å². The molecule has 0 bridgehead atoms. The van der Waals surface area contributed by atoms with Gasteiger partial charge in [-0.1, -0.05) is 75.4 Å². The number of amides is 2. The van der Waals surface area contributed by atoms with Gasteiger partial charge in [0, 0.05) is 12.0 Å². The molecule has 5 heteroatoms. The zero-order valence-corrected chi connectivity index (χ0v) is 18.8. The van der Waals surface area contributed by atoms with Crippen LogP contribution in [0.5, 0.6) is 5.75 Å². The highest BCUT2D eigenvalue weighted by Gasteiger charge is 2.20. The van der Waals surface area contributed by atoms with Gasteiger partial charge in [0.2, 0.25) is 5.91 Å². The van der Waals surface area contributed by atoms with Gasteiger partial charge in [0.25, 0.3) is 5.91 Å². The van der Waals surface area contributed by atoms with Gasteiger partial charge in [0.05, 0.1) is 0 Å². The second-order valence-electron chi connectivity index (χ2n) is 8.88. The van der Waals surface area contributed by atoms with Crippen LogP contribution in [0, 0.1) is 0 Å². The van der Waals surface area contributed by atoms with Crippen LogP contribution < -0.4 is 15.8 Å². The molecule has 3 aromatic carbocycles. The van der Waals surface area contributed by atoms with E-state index in [4.69, 9.17) is 10.5 Å². The molecule has 0 aromatic heterocycles. The smallest absolute Gasteiger partial charge is 0.251 e. The maximum absolute atomic E-state index is 12.6. The van der Waals surface area contributed by atoms with Crippen LogP contribution in [0.1, 0.15) is 47.8 Å². The summed E-state index contributed by atoms with van der Waals surface area (Å²) in [4.78, 5) is 24.6. The quantitative estimate of drug-likeness (QED) is 0.556. The van der Waals surface area contributed by atoms with Gasteiger partial charge >= 0.3 is 0 Å². The molecule has 0 saturated heterocycles. The van der Waals surface area contributed by atoms with E-state index in [2.05, 4.69) is 26.1 Å². The van der Waals surface area contributed by atoms with Crippen LogP contribution in [-0.2, 0) is 23.2 Å². The Labute approximate surface area is 189 Å². The van der Waals surface area contributed by atoms with Gasteiger partial charge in [-0.15, -0.1) is 0 Å². The van der Waals surface area contributed by atoms with Crippen molar-refractivity contribution < 1.29 is 14.3 Å². The van der Waals surface area contributed by atoms with Crippen LogP contribution in [0.15, 0.2) is 78.9 Å². The fourth-order valence-electron chi connectivity index (χ4n) is 3.28. The van der Waals surface area contributed by atoms with Crippen molar-refractivity contribution in [2.75, 3.05) is 0 Å². The number of benzene rings is 3. The molecule has 0 spiro atoms. The normalized spacial score (nSPS) is 12.1. The number of hydrogen-bond acceptors (Lipinski definition) is 3. The Hall–Kier alpha value is -3.60. The molecule has 0 aliphatic rings. The predicted octanol–water partition coefficient (Wildman–Crippen LogP) is 4.39. The minimum atomic E-state index is -0.805. The lowest BCUT2D eigenvalue weighted by molar-refractivity contribution is -0.119. The molecule has 0 saturated carbocycles. The lowest BCUT2D eigenvalue weighted by atomic mass is 9.86. The highest BCUT2D eigenvalue weighted by Crippen LogP contribution is 2.22. The van der Waals surface area contributed by atoms with E-state index in [1.165, 1.54) is 0 Å². The molecular formula is C27H30N2O3. The highest BCUT2D eigenvalue weighted by atomic mass is 16.5. The third-order valence-electron chi connectivity index (χ3n) is 5.27. The van der Waals surface area contributed by atoms with Gasteiger partial charge in [-0.05, 0) is 46.4 Å². The summed E-state index contributed by atoms with van der Waals surface area (Å²) in [5, 5.41) is 2.76. The van der Waals surface area contributed by atoms with E-state index in [0.29, 0.717) is 18.6 Å². The summed E-state index contributed by atoms with van der Waals surface area (Å²) in [6.45, 7) is 6.82. The molecule has 3 aromatic rings. The lowest BCUT2D eigenvalue weighted by Gasteiger charge is -2.20. The van der Waals surface area contributed by atoms with Gasteiger partial charge < -0.3 is 15.8 Å². The third-order valence-corrected chi connectivity index (χ3v) is 5.27. The van der Waals surface area contributed by atoms with Crippen molar-refractivity contribution in [2.24, 2.45) is 5.73 Å². The van der Waals surface area contributed by atoms with Gasteiger partial charge in [-0.25, -0.2) is 0 Å². The summed E-state index contributed by atoms with van der Waals surface area (Å²) in [5.41, 5.74) is 9.15. The first-order chi connectivity index (χ1) is 15.2. The second-order valence-corrected chi connectivity index (χ2v) is 8.88. The van der Waals surface area contributed by atoms with Crippen molar-refractivity contribution in [3.8, 4) is 5.75 Å². The first-order valence-corrected chi connectivity index (χ1v) is 10.7. The van der Waals surface area contributed by atoms with Crippen molar-refractivity contribution in [2.45, 2.75) is 45.3 Å². The van der Waals surface area contributed by atoms with Crippen molar-refractivity contribution in [1.29, 1.82) is 0 Å². The number of hydrogen-bond donors (Lipinski definition) is 2. The molecule has 166 valence electrons. The summed E-state index contributed by atoms with van der Waals surface area (Å²) in [7, 11) is 0. The van der Waals surface area contributed by atoms with Crippen LogP contribution in [-0.4, -0.2) is 17.9 Å². The topological polar surface area (TPSA) is 81.4 Å². The maximum atomic E-state index is 12.6. The van der Waals surface area contributed by atoms with E-state index < -0.39 is 11.9 Å². The van der Waals surface area contributed by atoms with Crippen LogP contribution in [0.3, 0.4) is 0 Å². The molecule has 0 unspecified atom stereocenters. The standard InChI is InChI=1S/C27H30N2O3/c1-27(2,3)22-13-11-21(12-14-22)26(31)29-24(25(28)30)17-19-9-15-23(16-10-19)32-18-20-7-5-4-6-8-20/h4-16,24H,17-18H2,1-3H3,(H2,28,30)(H,29,31)/t24-/m1/s1. The van der Waals surface area contributed by atoms with E-state index in [0.717, 1.165) is 22.4 Å². The number of ether oxygens (including phenoxy) is 1. The largest absolute Gasteiger partial charge is 0.489 e. The van der Waals surface area contributed by atoms with E-state index in [1.807, 2.05) is 66.7 Å². The Morgan fingerprint density at radius 2 is 1.50 bits per heavy atom. The minimum absolute atomic E-state index is 0.00172. The molecular weight excluding hydrogens is 400 g/mol. The van der Waals surface area contributed by atoms with E-state index in [-0.39, 0.29) is 11.3 Å². The average molecular weight is 431 g/mol. The molecule has 32 heavy (non-hydrogen) atoms. The zero-order chi connectivity index (χ0) is 23.1. The summed E-state index contributed by atoms with van der Waals surface area (Å²) >= 11 is 0. The van der Waals surface area contributed by atoms with Crippen molar-refractivity contribution >= 4 is 11.8 Å². The monoisotopic (exact) mass is 430 g/mol. The highest BCUT2D eigenvalue weighted by molar-refractivity contribution is 5.97. The first kappa shape index (κ1) is 23.1. The van der Waals surface area contributed by atoms with Gasteiger partial charge in [-0.2, -0.15) is 0 Å². The fourth-order valence-corrected chi connectivity index (χ4v) is 3.28. The van der Waals surface area contributed by atoms with Crippen molar-refractivity contribution in [3.63, 3.8) is 0 Å². The number of rotatable bonds is 8. The summed E-state index contributed by atoms with van der Waals surface area (Å²) in [6, 6.07) is 24.0. The van der Waals surface area contributed by atoms with Crippen molar-refractivity contribution in [3.05, 3.63) is 101 Å². The van der Waals surface area contributed by atoms with Gasteiger partial charge in [0.15, 0.2) is 0 Å². The molecule has 0 fully saturated rings. The van der Waals surface area contributed by atoms with Crippen molar-refractivity contribution in [1.82, 2.24) is 5.32 Å². The Morgan fingerprint density at radius 3 is 2.06 bits per heavy atom. The molecule has 0 aliphatic heterocycles. The Bertz CT molecular complexity index is 1040. The summed E-state index contributed by atoms with van der Waals surface area (Å²) < 4.78 is 5.79. The number of nitrogens with one attached hydrogen (secondary N) is 1. The van der Waals surface area contributed by atoms with Crippen LogP contribution in [0.4, 0.5) is 0 Å². The lowest BCUT2D eigenvalue weighted by Crippen LogP contribution is -2.45. The molecule has 0 aliphatic carbocycles. The molecule has 1 atom stereocenters. The van der Waals surface area contributed by atoms with Crippen LogP contribution in [0.2, 0.25) is 0 Å². The maximum Gasteiger partial charge on any atom is 0.251 e. The van der Waals surface area contributed by atoms with E-state index in [1.54, 1.807) is 12.1 Å².